The highest BCUT2D eigenvalue weighted by Gasteiger charge is 2.38. The lowest BCUT2D eigenvalue weighted by molar-refractivity contribution is -0.148. The summed E-state index contributed by atoms with van der Waals surface area (Å²) in [6.45, 7) is 7.64. The molecule has 0 aromatic heterocycles. The van der Waals surface area contributed by atoms with Crippen molar-refractivity contribution in [3.63, 3.8) is 0 Å². The largest absolute Gasteiger partial charge is 0.468 e. The predicted molar refractivity (Wildman–Crippen MR) is 79.7 cm³/mol. The Morgan fingerprint density at radius 3 is 2.50 bits per heavy atom. The second-order valence-electron chi connectivity index (χ2n) is 6.49. The smallest absolute Gasteiger partial charge is 0.325 e. The Morgan fingerprint density at radius 1 is 1.30 bits per heavy atom. The van der Waals surface area contributed by atoms with Crippen LogP contribution in [0, 0.1) is 0 Å². The van der Waals surface area contributed by atoms with Crippen molar-refractivity contribution in [2.75, 3.05) is 46.9 Å². The summed E-state index contributed by atoms with van der Waals surface area (Å²) in [6.07, 6.45) is 4.26. The second kappa shape index (κ2) is 6.87. The van der Waals surface area contributed by atoms with E-state index in [0.717, 1.165) is 45.6 Å². The van der Waals surface area contributed by atoms with Gasteiger partial charge in [0.15, 0.2) is 0 Å². The lowest BCUT2D eigenvalue weighted by Gasteiger charge is -2.33. The fraction of sp³-hybridized carbons (Fsp3) is 0.933. The number of ether oxygens (including phenoxy) is 1. The van der Waals surface area contributed by atoms with Gasteiger partial charge in [0.1, 0.15) is 5.54 Å². The zero-order chi connectivity index (χ0) is 14.6. The van der Waals surface area contributed by atoms with Gasteiger partial charge in [0.25, 0.3) is 0 Å². The van der Waals surface area contributed by atoms with Gasteiger partial charge in [-0.25, -0.2) is 0 Å². The van der Waals surface area contributed by atoms with Gasteiger partial charge >= 0.3 is 5.97 Å². The molecule has 20 heavy (non-hydrogen) atoms. The fourth-order valence-electron chi connectivity index (χ4n) is 2.86. The van der Waals surface area contributed by atoms with Gasteiger partial charge in [-0.3, -0.25) is 10.1 Å². The van der Waals surface area contributed by atoms with Crippen LogP contribution in [0.5, 0.6) is 0 Å². The molecule has 0 aromatic rings. The predicted octanol–water partition coefficient (Wildman–Crippen LogP) is 0.698. The topological polar surface area (TPSA) is 44.8 Å². The number of nitrogens with one attached hydrogen (secondary N) is 1. The van der Waals surface area contributed by atoms with Crippen LogP contribution in [-0.2, 0) is 9.53 Å². The molecule has 1 saturated carbocycles. The Kier molecular flexibility index (Phi) is 5.41. The highest BCUT2D eigenvalue weighted by molar-refractivity contribution is 5.80. The van der Waals surface area contributed by atoms with Gasteiger partial charge in [0.05, 0.1) is 7.11 Å². The van der Waals surface area contributed by atoms with Crippen LogP contribution in [0.1, 0.15) is 32.6 Å². The number of rotatable bonds is 7. The molecule has 2 fully saturated rings. The van der Waals surface area contributed by atoms with Crippen molar-refractivity contribution in [2.24, 2.45) is 0 Å². The van der Waals surface area contributed by atoms with Crippen molar-refractivity contribution < 1.29 is 9.53 Å². The van der Waals surface area contributed by atoms with Crippen LogP contribution >= 0.6 is 0 Å². The first kappa shape index (κ1) is 15.7. The molecule has 1 atom stereocenters. The molecule has 0 spiro atoms. The molecule has 1 aliphatic carbocycles. The summed E-state index contributed by atoms with van der Waals surface area (Å²) in [5.41, 5.74) is -0.511. The third kappa shape index (κ3) is 4.43. The number of esters is 1. The lowest BCUT2D eigenvalue weighted by Crippen LogP contribution is -2.52. The van der Waals surface area contributed by atoms with E-state index in [1.807, 2.05) is 6.92 Å². The summed E-state index contributed by atoms with van der Waals surface area (Å²) in [4.78, 5) is 16.9. The van der Waals surface area contributed by atoms with Gasteiger partial charge < -0.3 is 14.5 Å². The molecule has 2 rings (SSSR count). The number of nitrogens with zero attached hydrogens (tertiary/aromatic N) is 2. The molecule has 5 heteroatoms. The molecule has 0 amide bonds. The van der Waals surface area contributed by atoms with E-state index >= 15 is 0 Å². The molecule has 2 aliphatic rings. The van der Waals surface area contributed by atoms with E-state index in [-0.39, 0.29) is 5.97 Å². The molecule has 0 bridgehead atoms. The minimum Gasteiger partial charge on any atom is -0.468 e. The third-order valence-electron chi connectivity index (χ3n) is 4.48. The summed E-state index contributed by atoms with van der Waals surface area (Å²) in [5, 5.41) is 3.46. The first-order valence-corrected chi connectivity index (χ1v) is 7.80. The van der Waals surface area contributed by atoms with E-state index in [9.17, 15) is 4.79 Å². The Balaban J connectivity index is 1.75. The van der Waals surface area contributed by atoms with Gasteiger partial charge in [0.2, 0.25) is 0 Å². The SMILES string of the molecule is COC(=O)C(C)(CCCN1CCN(C)CC1)NC1CC1. The molecule has 0 aromatic carbocycles. The maximum absolute atomic E-state index is 12.0. The maximum Gasteiger partial charge on any atom is 0.325 e. The monoisotopic (exact) mass is 283 g/mol. The van der Waals surface area contributed by atoms with Crippen LogP contribution in [-0.4, -0.2) is 74.2 Å². The number of methoxy groups -OCH3 is 1. The van der Waals surface area contributed by atoms with Crippen LogP contribution in [0.3, 0.4) is 0 Å². The standard InChI is InChI=1S/C15H29N3O2/c1-15(14(19)20-3,16-13-5-6-13)7-4-8-18-11-9-17(2)10-12-18/h13,16H,4-12H2,1-3H3. The maximum atomic E-state index is 12.0. The van der Waals surface area contributed by atoms with Crippen LogP contribution < -0.4 is 5.32 Å². The average Bonchev–Trinajstić information content (AvgIpc) is 3.24. The summed E-state index contributed by atoms with van der Waals surface area (Å²) in [5.74, 6) is -0.122. The van der Waals surface area contributed by atoms with E-state index in [4.69, 9.17) is 4.74 Å². The molecule has 116 valence electrons. The Bertz CT molecular complexity index is 325. The van der Waals surface area contributed by atoms with E-state index in [1.54, 1.807) is 0 Å². The quantitative estimate of drug-likeness (QED) is 0.697. The van der Waals surface area contributed by atoms with E-state index in [1.165, 1.54) is 20.0 Å². The van der Waals surface area contributed by atoms with Gasteiger partial charge in [-0.15, -0.1) is 0 Å². The van der Waals surface area contributed by atoms with Crippen molar-refractivity contribution in [1.29, 1.82) is 0 Å². The van der Waals surface area contributed by atoms with E-state index in [2.05, 4.69) is 22.2 Å². The number of hydrogen-bond donors (Lipinski definition) is 1. The Morgan fingerprint density at radius 2 is 1.95 bits per heavy atom. The number of hydrogen-bond acceptors (Lipinski definition) is 5. The molecule has 1 N–H and O–H groups in total. The number of carbonyl (C=O) groups is 1. The van der Waals surface area contributed by atoms with Gasteiger partial charge in [0, 0.05) is 32.2 Å². The van der Waals surface area contributed by atoms with Crippen molar-refractivity contribution in [3.05, 3.63) is 0 Å². The van der Waals surface area contributed by atoms with Crippen molar-refractivity contribution in [3.8, 4) is 0 Å². The zero-order valence-electron chi connectivity index (χ0n) is 13.2. The number of likely N-dealkylation sites (N-methyl/N-ethyl adjacent to an activating group) is 1. The first-order chi connectivity index (χ1) is 9.53. The summed E-state index contributed by atoms with van der Waals surface area (Å²) in [6, 6.07) is 0.516. The highest BCUT2D eigenvalue weighted by Crippen LogP contribution is 2.25. The first-order valence-electron chi connectivity index (χ1n) is 7.80. The zero-order valence-corrected chi connectivity index (χ0v) is 13.2. The van der Waals surface area contributed by atoms with Crippen molar-refractivity contribution in [2.45, 2.75) is 44.2 Å². The normalized spacial score (nSPS) is 24.4. The van der Waals surface area contributed by atoms with Crippen molar-refractivity contribution in [1.82, 2.24) is 15.1 Å². The third-order valence-corrected chi connectivity index (χ3v) is 4.48. The lowest BCUT2D eigenvalue weighted by atomic mass is 9.95. The summed E-state index contributed by atoms with van der Waals surface area (Å²) < 4.78 is 4.98. The van der Waals surface area contributed by atoms with Crippen molar-refractivity contribution >= 4 is 5.97 Å². The van der Waals surface area contributed by atoms with Gasteiger partial charge in [-0.1, -0.05) is 0 Å². The van der Waals surface area contributed by atoms with Crippen LogP contribution in [0.15, 0.2) is 0 Å². The molecule has 1 aliphatic heterocycles. The van der Waals surface area contributed by atoms with Crippen LogP contribution in [0.4, 0.5) is 0 Å². The Hall–Kier alpha value is -0.650. The molecule has 1 saturated heterocycles. The van der Waals surface area contributed by atoms with E-state index in [0.29, 0.717) is 6.04 Å². The van der Waals surface area contributed by atoms with E-state index < -0.39 is 5.54 Å². The fourth-order valence-corrected chi connectivity index (χ4v) is 2.86. The highest BCUT2D eigenvalue weighted by atomic mass is 16.5. The van der Waals surface area contributed by atoms with Gasteiger partial charge in [-0.2, -0.15) is 0 Å². The van der Waals surface area contributed by atoms with Gasteiger partial charge in [-0.05, 0) is 46.2 Å². The molecule has 0 radical (unpaired) electrons. The second-order valence-corrected chi connectivity index (χ2v) is 6.49. The molecule has 5 nitrogen and oxygen atoms in total. The van der Waals surface area contributed by atoms with Crippen LogP contribution in [0.25, 0.3) is 0 Å². The minimum atomic E-state index is -0.511. The average molecular weight is 283 g/mol. The number of carbonyl (C=O) groups excluding carboxylic acids is 1. The number of piperazine rings is 1. The van der Waals surface area contributed by atoms with Crippen LogP contribution in [0.2, 0.25) is 0 Å². The molecular weight excluding hydrogens is 254 g/mol. The summed E-state index contributed by atoms with van der Waals surface area (Å²) in [7, 11) is 3.65. The molecule has 1 unspecified atom stereocenters. The minimum absolute atomic E-state index is 0.122. The molecule has 1 heterocycles. The molecular formula is C15H29N3O2. The Labute approximate surface area is 122 Å². The summed E-state index contributed by atoms with van der Waals surface area (Å²) >= 11 is 0.